The molecule has 0 radical (unpaired) electrons. The summed E-state index contributed by atoms with van der Waals surface area (Å²) in [5, 5.41) is 14.1. The van der Waals surface area contributed by atoms with Gasteiger partial charge >= 0.3 is 0 Å². The Morgan fingerprint density at radius 3 is 2.37 bits per heavy atom. The zero-order valence-electron chi connectivity index (χ0n) is 19.9. The Kier molecular flexibility index (Phi) is 7.09. The van der Waals surface area contributed by atoms with Crippen LogP contribution in [0.3, 0.4) is 0 Å². The Morgan fingerprint density at radius 1 is 1.11 bits per heavy atom. The summed E-state index contributed by atoms with van der Waals surface area (Å²) >= 11 is 16.2. The monoisotopic (exact) mass is 575 g/mol. The molecule has 2 aromatic heterocycles. The fourth-order valence-electron chi connectivity index (χ4n) is 3.43. The van der Waals surface area contributed by atoms with E-state index >= 15 is 0 Å². The summed E-state index contributed by atoms with van der Waals surface area (Å²) in [4.78, 5) is 15.3. The minimum absolute atomic E-state index is 0.157. The molecule has 0 fully saturated rings. The van der Waals surface area contributed by atoms with E-state index in [1.54, 1.807) is 34.8 Å². The lowest BCUT2D eigenvalue weighted by Gasteiger charge is -2.16. The lowest BCUT2D eigenvalue weighted by Crippen LogP contribution is -2.27. The summed E-state index contributed by atoms with van der Waals surface area (Å²) in [5.41, 5.74) is 2.13. The summed E-state index contributed by atoms with van der Waals surface area (Å²) in [5.74, 6) is 0.372. The van der Waals surface area contributed by atoms with Crippen molar-refractivity contribution in [1.29, 1.82) is 0 Å². The van der Waals surface area contributed by atoms with Gasteiger partial charge in [0.1, 0.15) is 0 Å². The zero-order chi connectivity index (χ0) is 25.5. The highest BCUT2D eigenvalue weighted by Crippen LogP contribution is 2.38. The molecule has 0 bridgehead atoms. The van der Waals surface area contributed by atoms with Gasteiger partial charge in [0, 0.05) is 34.1 Å². The SMILES string of the molecule is CCN(C)C(=O)c1c(-c2nnc(C(C)(C)C)o2)nn(-c2ccc(Cl)cc2Cl)c1-c1ccc(Br)cc1. The van der Waals surface area contributed by atoms with Crippen molar-refractivity contribution in [2.45, 2.75) is 33.1 Å². The Bertz CT molecular complexity index is 1390. The number of hydrogen-bond donors (Lipinski definition) is 0. The van der Waals surface area contributed by atoms with Crippen LogP contribution in [-0.2, 0) is 5.41 Å². The molecule has 0 unspecified atom stereocenters. The fourth-order valence-corrected chi connectivity index (χ4v) is 4.18. The maximum absolute atomic E-state index is 13.7. The third-order valence-electron chi connectivity index (χ3n) is 5.45. The summed E-state index contributed by atoms with van der Waals surface area (Å²) in [6.07, 6.45) is 0. The molecule has 2 aromatic carbocycles. The van der Waals surface area contributed by atoms with Gasteiger partial charge in [-0.2, -0.15) is 5.10 Å². The van der Waals surface area contributed by atoms with Crippen LogP contribution in [0.4, 0.5) is 0 Å². The van der Waals surface area contributed by atoms with E-state index in [9.17, 15) is 4.79 Å². The van der Waals surface area contributed by atoms with E-state index in [1.807, 2.05) is 52.0 Å². The Balaban J connectivity index is 2.08. The minimum atomic E-state index is -0.369. The van der Waals surface area contributed by atoms with Crippen molar-refractivity contribution in [2.75, 3.05) is 13.6 Å². The summed E-state index contributed by atoms with van der Waals surface area (Å²) < 4.78 is 8.56. The number of carbonyl (C=O) groups excluding carboxylic acids is 1. The average molecular weight is 577 g/mol. The molecule has 4 aromatic rings. The van der Waals surface area contributed by atoms with Crippen LogP contribution in [0.15, 0.2) is 51.4 Å². The van der Waals surface area contributed by atoms with Crippen molar-refractivity contribution in [3.63, 3.8) is 0 Å². The molecule has 1 amide bonds. The van der Waals surface area contributed by atoms with Gasteiger partial charge in [0.15, 0.2) is 5.69 Å². The topological polar surface area (TPSA) is 77.1 Å². The highest BCUT2D eigenvalue weighted by atomic mass is 79.9. The van der Waals surface area contributed by atoms with Gasteiger partial charge in [0.25, 0.3) is 11.8 Å². The summed E-state index contributed by atoms with van der Waals surface area (Å²) in [6.45, 7) is 8.32. The molecular formula is C25H24BrCl2N5O2. The normalized spacial score (nSPS) is 11.7. The molecule has 0 aliphatic carbocycles. The van der Waals surface area contributed by atoms with Crippen molar-refractivity contribution in [3.05, 3.63) is 68.4 Å². The number of amides is 1. The Morgan fingerprint density at radius 2 is 1.80 bits per heavy atom. The second kappa shape index (κ2) is 9.76. The van der Waals surface area contributed by atoms with Gasteiger partial charge in [0.05, 0.1) is 22.0 Å². The van der Waals surface area contributed by atoms with E-state index in [0.29, 0.717) is 39.4 Å². The van der Waals surface area contributed by atoms with E-state index in [4.69, 9.17) is 32.7 Å². The quantitative estimate of drug-likeness (QED) is 0.254. The molecule has 4 rings (SSSR count). The van der Waals surface area contributed by atoms with Crippen LogP contribution < -0.4 is 0 Å². The van der Waals surface area contributed by atoms with Crippen LogP contribution in [0.2, 0.25) is 10.0 Å². The van der Waals surface area contributed by atoms with E-state index < -0.39 is 0 Å². The maximum atomic E-state index is 13.7. The fraction of sp³-hybridized carbons (Fsp3) is 0.280. The first-order valence-electron chi connectivity index (χ1n) is 11.0. The molecule has 0 spiro atoms. The maximum Gasteiger partial charge on any atom is 0.269 e. The molecular weight excluding hydrogens is 553 g/mol. The van der Waals surface area contributed by atoms with E-state index in [1.165, 1.54) is 0 Å². The van der Waals surface area contributed by atoms with Gasteiger partial charge in [-0.3, -0.25) is 4.79 Å². The number of rotatable bonds is 5. The van der Waals surface area contributed by atoms with Crippen LogP contribution >= 0.6 is 39.1 Å². The second-order valence-corrected chi connectivity index (χ2v) is 10.8. The predicted octanol–water partition coefficient (Wildman–Crippen LogP) is 7.05. The molecule has 0 saturated carbocycles. The molecule has 2 heterocycles. The molecule has 35 heavy (non-hydrogen) atoms. The van der Waals surface area contributed by atoms with Gasteiger partial charge < -0.3 is 9.32 Å². The summed E-state index contributed by atoms with van der Waals surface area (Å²) in [6, 6.07) is 12.7. The van der Waals surface area contributed by atoms with Gasteiger partial charge in [-0.05, 0) is 37.3 Å². The molecule has 0 aliphatic rings. The predicted molar refractivity (Wildman–Crippen MR) is 141 cm³/mol. The minimum Gasteiger partial charge on any atom is -0.419 e. The molecule has 10 heteroatoms. The smallest absolute Gasteiger partial charge is 0.269 e. The van der Waals surface area contributed by atoms with Crippen LogP contribution in [0.25, 0.3) is 28.5 Å². The molecule has 182 valence electrons. The highest BCUT2D eigenvalue weighted by molar-refractivity contribution is 9.10. The van der Waals surface area contributed by atoms with Crippen LogP contribution in [0.1, 0.15) is 43.9 Å². The largest absolute Gasteiger partial charge is 0.419 e. The third-order valence-corrected chi connectivity index (χ3v) is 6.51. The van der Waals surface area contributed by atoms with Crippen molar-refractivity contribution in [3.8, 4) is 28.5 Å². The van der Waals surface area contributed by atoms with Crippen molar-refractivity contribution >= 4 is 45.0 Å². The number of nitrogens with zero attached hydrogens (tertiary/aromatic N) is 5. The first-order valence-corrected chi connectivity index (χ1v) is 12.5. The standard InChI is InChI=1S/C25H24BrCl2N5O2/c1-6-32(5)23(34)19-20(22-29-30-24(35-22)25(2,3)4)31-33(18-12-11-16(27)13-17(18)28)21(19)14-7-9-15(26)10-8-14/h7-13H,6H2,1-5H3. The van der Waals surface area contributed by atoms with Crippen LogP contribution in [0.5, 0.6) is 0 Å². The van der Waals surface area contributed by atoms with Gasteiger partial charge in [0.2, 0.25) is 5.89 Å². The molecule has 0 N–H and O–H groups in total. The van der Waals surface area contributed by atoms with E-state index in [0.717, 1.165) is 10.0 Å². The Hall–Kier alpha value is -2.68. The zero-order valence-corrected chi connectivity index (χ0v) is 23.0. The molecule has 7 nitrogen and oxygen atoms in total. The first-order chi connectivity index (χ1) is 16.5. The number of hydrogen-bond acceptors (Lipinski definition) is 5. The van der Waals surface area contributed by atoms with E-state index in [-0.39, 0.29) is 22.9 Å². The van der Waals surface area contributed by atoms with Crippen molar-refractivity contribution < 1.29 is 9.21 Å². The number of aromatic nitrogens is 4. The first kappa shape index (κ1) is 25.4. The van der Waals surface area contributed by atoms with Crippen LogP contribution in [-0.4, -0.2) is 44.4 Å². The lowest BCUT2D eigenvalue weighted by atomic mass is 9.97. The molecule has 0 atom stereocenters. The van der Waals surface area contributed by atoms with Gasteiger partial charge in [-0.25, -0.2) is 4.68 Å². The molecule has 0 aliphatic heterocycles. The number of benzene rings is 2. The number of halogens is 3. The Labute approximate surface area is 222 Å². The third kappa shape index (κ3) is 5.01. The highest BCUT2D eigenvalue weighted by Gasteiger charge is 2.32. The van der Waals surface area contributed by atoms with Gasteiger partial charge in [-0.1, -0.05) is 72.0 Å². The second-order valence-electron chi connectivity index (χ2n) is 9.07. The molecule has 0 saturated heterocycles. The van der Waals surface area contributed by atoms with Crippen molar-refractivity contribution in [1.82, 2.24) is 24.9 Å². The summed E-state index contributed by atoms with van der Waals surface area (Å²) in [7, 11) is 1.73. The van der Waals surface area contributed by atoms with E-state index in [2.05, 4.69) is 26.1 Å². The van der Waals surface area contributed by atoms with Crippen molar-refractivity contribution in [2.24, 2.45) is 0 Å². The van der Waals surface area contributed by atoms with Crippen LogP contribution in [0, 0.1) is 0 Å². The lowest BCUT2D eigenvalue weighted by molar-refractivity contribution is 0.0803. The average Bonchev–Trinajstić information content (AvgIpc) is 3.44. The number of carbonyl (C=O) groups is 1. The van der Waals surface area contributed by atoms with Gasteiger partial charge in [-0.15, -0.1) is 10.2 Å².